The number of esters is 3. The molecule has 0 bridgehead atoms. The zero-order chi connectivity index (χ0) is 59.2. The van der Waals surface area contributed by atoms with Crippen LogP contribution in [-0.4, -0.2) is 37.2 Å². The van der Waals surface area contributed by atoms with Crippen LogP contribution < -0.4 is 0 Å². The lowest BCUT2D eigenvalue weighted by Crippen LogP contribution is -2.30. The van der Waals surface area contributed by atoms with Gasteiger partial charge >= 0.3 is 17.9 Å². The minimum atomic E-state index is -0.795. The molecule has 0 amide bonds. The van der Waals surface area contributed by atoms with Crippen molar-refractivity contribution in [1.29, 1.82) is 0 Å². The van der Waals surface area contributed by atoms with Gasteiger partial charge in [0.25, 0.3) is 0 Å². The number of unbranched alkanes of at least 4 members (excludes halogenated alkanes) is 37. The maximum Gasteiger partial charge on any atom is 0.306 e. The van der Waals surface area contributed by atoms with Gasteiger partial charge in [-0.25, -0.2) is 0 Å². The van der Waals surface area contributed by atoms with E-state index in [-0.39, 0.29) is 31.1 Å². The summed E-state index contributed by atoms with van der Waals surface area (Å²) in [5.41, 5.74) is 0. The Morgan fingerprint density at radius 1 is 0.256 bits per heavy atom. The Kier molecular flexibility index (Phi) is 66.7. The first-order valence-corrected chi connectivity index (χ1v) is 35.2. The summed E-state index contributed by atoms with van der Waals surface area (Å²) in [5.74, 6) is -0.915. The summed E-state index contributed by atoms with van der Waals surface area (Å²) in [6, 6.07) is 0. The highest BCUT2D eigenvalue weighted by molar-refractivity contribution is 5.71. The van der Waals surface area contributed by atoms with Gasteiger partial charge in [-0.05, 0) is 83.5 Å². The minimum Gasteiger partial charge on any atom is -0.462 e. The van der Waals surface area contributed by atoms with E-state index in [0.717, 1.165) is 109 Å². The van der Waals surface area contributed by atoms with Crippen LogP contribution >= 0.6 is 0 Å². The van der Waals surface area contributed by atoms with Crippen molar-refractivity contribution >= 4 is 17.9 Å². The van der Waals surface area contributed by atoms with Crippen LogP contribution in [0.25, 0.3) is 0 Å². The van der Waals surface area contributed by atoms with Gasteiger partial charge < -0.3 is 14.2 Å². The molecule has 0 rings (SSSR count). The van der Waals surface area contributed by atoms with Crippen molar-refractivity contribution in [3.8, 4) is 0 Å². The summed E-state index contributed by atoms with van der Waals surface area (Å²) < 4.78 is 16.9. The van der Waals surface area contributed by atoms with E-state index in [0.29, 0.717) is 19.3 Å². The summed E-state index contributed by atoms with van der Waals surface area (Å²) in [7, 11) is 0. The molecular formula is C76H132O6. The van der Waals surface area contributed by atoms with Crippen LogP contribution in [0.5, 0.6) is 0 Å². The molecule has 0 aromatic carbocycles. The molecule has 0 saturated carbocycles. The van der Waals surface area contributed by atoms with E-state index in [1.54, 1.807) is 0 Å². The van der Waals surface area contributed by atoms with Crippen LogP contribution in [0.15, 0.2) is 97.2 Å². The van der Waals surface area contributed by atoms with Gasteiger partial charge in [0.2, 0.25) is 0 Å². The molecule has 0 aliphatic carbocycles. The monoisotopic (exact) mass is 1140 g/mol. The second-order valence-electron chi connectivity index (χ2n) is 23.4. The SMILES string of the molecule is CC/C=C\C/C=C\C/C=C\C/C=C\C/C=C\C/C=C\C/C=C\C/C=C\CCCCC(=O)OCC(COC(=O)CCCCCCCCCCCCCCC)OC(=O)CCCCCCCCCCCCCCCCCCCCCCCCCC. The Balaban J connectivity index is 4.36. The molecule has 0 aliphatic heterocycles. The van der Waals surface area contributed by atoms with E-state index in [1.807, 2.05) is 0 Å². The molecule has 0 heterocycles. The first-order chi connectivity index (χ1) is 40.5. The number of rotatable bonds is 64. The standard InChI is InChI=1S/C76H132O6/c1-4-7-10-13-16-19-22-25-27-29-31-33-35-37-38-39-41-42-44-46-48-51-54-57-60-63-66-69-75(78)81-72-73(71-80-74(77)68-65-62-59-56-53-50-24-21-18-15-12-9-6-3)82-76(79)70-67-64-61-58-55-52-49-47-45-43-40-36-34-32-30-28-26-23-20-17-14-11-8-5-2/h7,10,16,19,25,27,31,33,37-38,41-42,46,48,54,57,73H,4-6,8-9,11-15,17-18,20-24,26,28-30,32,34-36,39-40,43-45,47,49-53,55-56,58-72H2,1-3H3/b10-7-,19-16-,27-25-,33-31-,38-37-,42-41-,48-46-,57-54-. The first kappa shape index (κ1) is 78.3. The molecule has 0 saturated heterocycles. The van der Waals surface area contributed by atoms with Crippen molar-refractivity contribution in [1.82, 2.24) is 0 Å². The third-order valence-corrected chi connectivity index (χ3v) is 15.4. The van der Waals surface area contributed by atoms with Crippen LogP contribution in [0.2, 0.25) is 0 Å². The van der Waals surface area contributed by atoms with Crippen LogP contribution in [0.1, 0.15) is 348 Å². The Hall–Kier alpha value is -3.67. The third-order valence-electron chi connectivity index (χ3n) is 15.4. The Morgan fingerprint density at radius 2 is 0.476 bits per heavy atom. The number of ether oxygens (including phenoxy) is 3. The number of carbonyl (C=O) groups is 3. The average Bonchev–Trinajstić information content (AvgIpc) is 3.47. The highest BCUT2D eigenvalue weighted by Crippen LogP contribution is 2.18. The summed E-state index contributed by atoms with van der Waals surface area (Å²) in [6.07, 6.45) is 94.4. The van der Waals surface area contributed by atoms with Crippen LogP contribution in [0.4, 0.5) is 0 Å². The van der Waals surface area contributed by atoms with E-state index < -0.39 is 6.10 Å². The number of hydrogen-bond donors (Lipinski definition) is 0. The van der Waals surface area contributed by atoms with Gasteiger partial charge in [-0.15, -0.1) is 0 Å². The molecule has 0 aliphatic rings. The Bertz CT molecular complexity index is 1590. The van der Waals surface area contributed by atoms with Gasteiger partial charge in [0.1, 0.15) is 13.2 Å². The molecule has 0 aromatic heterocycles. The summed E-state index contributed by atoms with van der Waals surface area (Å²) in [5, 5.41) is 0. The number of allylic oxidation sites excluding steroid dienone is 16. The van der Waals surface area contributed by atoms with E-state index >= 15 is 0 Å². The molecule has 0 spiro atoms. The molecule has 0 radical (unpaired) electrons. The lowest BCUT2D eigenvalue weighted by Gasteiger charge is -2.18. The largest absolute Gasteiger partial charge is 0.462 e. The zero-order valence-electron chi connectivity index (χ0n) is 54.2. The van der Waals surface area contributed by atoms with E-state index in [4.69, 9.17) is 14.2 Å². The quantitative estimate of drug-likeness (QED) is 0.0261. The maximum absolute atomic E-state index is 13.0. The van der Waals surface area contributed by atoms with Crippen molar-refractivity contribution in [2.75, 3.05) is 13.2 Å². The number of carbonyl (C=O) groups excluding carboxylic acids is 3. The van der Waals surface area contributed by atoms with E-state index in [2.05, 4.69) is 118 Å². The average molecular weight is 1140 g/mol. The predicted octanol–water partition coefficient (Wildman–Crippen LogP) is 24.4. The van der Waals surface area contributed by atoms with Gasteiger partial charge in [-0.1, -0.05) is 343 Å². The molecule has 0 aromatic rings. The van der Waals surface area contributed by atoms with Gasteiger partial charge in [0, 0.05) is 19.3 Å². The predicted molar refractivity (Wildman–Crippen MR) is 357 cm³/mol. The maximum atomic E-state index is 13.0. The molecule has 1 atom stereocenters. The molecule has 0 fully saturated rings. The lowest BCUT2D eigenvalue weighted by atomic mass is 10.0. The summed E-state index contributed by atoms with van der Waals surface area (Å²) >= 11 is 0. The van der Waals surface area contributed by atoms with Crippen molar-refractivity contribution in [2.45, 2.75) is 354 Å². The van der Waals surface area contributed by atoms with Gasteiger partial charge in [-0.3, -0.25) is 14.4 Å². The Labute approximate surface area is 508 Å². The van der Waals surface area contributed by atoms with Crippen LogP contribution in [0.3, 0.4) is 0 Å². The van der Waals surface area contributed by atoms with Gasteiger partial charge in [0.15, 0.2) is 6.10 Å². The third kappa shape index (κ3) is 67.1. The van der Waals surface area contributed by atoms with Crippen LogP contribution in [-0.2, 0) is 28.6 Å². The highest BCUT2D eigenvalue weighted by Gasteiger charge is 2.19. The van der Waals surface area contributed by atoms with Crippen LogP contribution in [0, 0.1) is 0 Å². The topological polar surface area (TPSA) is 78.9 Å². The molecule has 0 N–H and O–H groups in total. The van der Waals surface area contributed by atoms with Crippen molar-refractivity contribution in [3.05, 3.63) is 97.2 Å². The lowest BCUT2D eigenvalue weighted by molar-refractivity contribution is -0.167. The fraction of sp³-hybridized carbons (Fsp3) is 0.750. The summed E-state index contributed by atoms with van der Waals surface area (Å²) in [4.78, 5) is 38.4. The molecule has 82 heavy (non-hydrogen) atoms. The van der Waals surface area contributed by atoms with E-state index in [1.165, 1.54) is 199 Å². The van der Waals surface area contributed by atoms with Crippen molar-refractivity contribution < 1.29 is 28.6 Å². The molecule has 472 valence electrons. The smallest absolute Gasteiger partial charge is 0.306 e. The molecular weight excluding hydrogens is 1010 g/mol. The van der Waals surface area contributed by atoms with Gasteiger partial charge in [-0.2, -0.15) is 0 Å². The zero-order valence-corrected chi connectivity index (χ0v) is 54.2. The van der Waals surface area contributed by atoms with Gasteiger partial charge in [0.05, 0.1) is 0 Å². The fourth-order valence-corrected chi connectivity index (χ4v) is 10.1. The molecule has 1 unspecified atom stereocenters. The number of hydrogen-bond acceptors (Lipinski definition) is 6. The van der Waals surface area contributed by atoms with E-state index in [9.17, 15) is 14.4 Å². The first-order valence-electron chi connectivity index (χ1n) is 35.2. The fourth-order valence-electron chi connectivity index (χ4n) is 10.1. The minimum absolute atomic E-state index is 0.0869. The Morgan fingerprint density at radius 3 is 0.744 bits per heavy atom. The molecule has 6 heteroatoms. The summed E-state index contributed by atoms with van der Waals surface area (Å²) in [6.45, 7) is 6.54. The second-order valence-corrected chi connectivity index (χ2v) is 23.4. The van der Waals surface area contributed by atoms with Crippen molar-refractivity contribution in [3.63, 3.8) is 0 Å². The molecule has 6 nitrogen and oxygen atoms in total. The second kappa shape index (κ2) is 69.8. The highest BCUT2D eigenvalue weighted by atomic mass is 16.6. The van der Waals surface area contributed by atoms with Crippen molar-refractivity contribution in [2.24, 2.45) is 0 Å². The normalized spacial score (nSPS) is 12.7.